The predicted molar refractivity (Wildman–Crippen MR) is 72.2 cm³/mol. The molecule has 5 nitrogen and oxygen atoms in total. The van der Waals surface area contributed by atoms with Crippen LogP contribution in [-0.2, 0) is 12.4 Å². The van der Waals surface area contributed by atoms with E-state index >= 15 is 0 Å². The van der Waals surface area contributed by atoms with Crippen LogP contribution in [0.25, 0.3) is 11.2 Å². The van der Waals surface area contributed by atoms with Gasteiger partial charge in [-0.05, 0) is 25.5 Å². The van der Waals surface area contributed by atoms with Crippen molar-refractivity contribution < 1.29 is 4.52 Å². The lowest BCUT2D eigenvalue weighted by Crippen LogP contribution is -2.04. The average Bonchev–Trinajstić information content (AvgIpc) is 2.96. The summed E-state index contributed by atoms with van der Waals surface area (Å²) >= 11 is 5.97. The molecule has 3 rings (SSSR count). The van der Waals surface area contributed by atoms with Crippen LogP contribution in [0.1, 0.15) is 22.8 Å². The van der Waals surface area contributed by atoms with Crippen molar-refractivity contribution >= 4 is 22.8 Å². The van der Waals surface area contributed by atoms with E-state index in [4.69, 9.17) is 16.1 Å². The normalized spacial score (nSPS) is 11.3. The van der Waals surface area contributed by atoms with E-state index in [1.165, 1.54) is 0 Å². The Balaban J connectivity index is 2.13. The van der Waals surface area contributed by atoms with Crippen LogP contribution in [-0.4, -0.2) is 19.7 Å². The maximum Gasteiger partial charge on any atom is 0.160 e. The summed E-state index contributed by atoms with van der Waals surface area (Å²) in [4.78, 5) is 8.94. The van der Waals surface area contributed by atoms with Crippen molar-refractivity contribution in [2.45, 2.75) is 26.3 Å². The number of pyridine rings is 1. The first-order valence-electron chi connectivity index (χ1n) is 5.98. The maximum atomic E-state index is 5.97. The minimum atomic E-state index is 0.340. The number of alkyl halides is 1. The number of aryl methyl sites for hydroxylation is 2. The molecule has 0 unspecified atom stereocenters. The van der Waals surface area contributed by atoms with Crippen LogP contribution >= 0.6 is 11.6 Å². The van der Waals surface area contributed by atoms with E-state index in [0.717, 1.165) is 34.0 Å². The number of fused-ring (bicyclic) bond motifs is 1. The van der Waals surface area contributed by atoms with Crippen LogP contribution in [0.3, 0.4) is 0 Å². The van der Waals surface area contributed by atoms with E-state index in [1.807, 2.05) is 30.5 Å². The second-order valence-corrected chi connectivity index (χ2v) is 4.74. The molecule has 3 heterocycles. The molecule has 0 aliphatic carbocycles. The Labute approximate surface area is 115 Å². The van der Waals surface area contributed by atoms with Crippen molar-refractivity contribution in [2.24, 2.45) is 0 Å². The molecular weight excluding hydrogens is 264 g/mol. The summed E-state index contributed by atoms with van der Waals surface area (Å²) in [6, 6.07) is 3.84. The largest absolute Gasteiger partial charge is 0.361 e. The van der Waals surface area contributed by atoms with Crippen molar-refractivity contribution in [3.05, 3.63) is 41.2 Å². The molecule has 0 fully saturated rings. The molecule has 0 saturated heterocycles. The van der Waals surface area contributed by atoms with Gasteiger partial charge in [-0.15, -0.1) is 11.6 Å². The van der Waals surface area contributed by atoms with Crippen LogP contribution in [0, 0.1) is 13.8 Å². The van der Waals surface area contributed by atoms with Gasteiger partial charge in [0.25, 0.3) is 0 Å². The lowest BCUT2D eigenvalue weighted by atomic mass is 10.3. The fraction of sp³-hybridized carbons (Fsp3) is 0.308. The Hall–Kier alpha value is -1.88. The second kappa shape index (κ2) is 4.66. The van der Waals surface area contributed by atoms with E-state index in [0.29, 0.717) is 12.4 Å². The summed E-state index contributed by atoms with van der Waals surface area (Å²) in [5.41, 5.74) is 3.65. The number of hydrogen-bond donors (Lipinski definition) is 0. The summed E-state index contributed by atoms with van der Waals surface area (Å²) in [5, 5.41) is 4.00. The molecule has 98 valence electrons. The van der Waals surface area contributed by atoms with Gasteiger partial charge < -0.3 is 9.09 Å². The molecule has 3 aromatic rings. The summed E-state index contributed by atoms with van der Waals surface area (Å²) in [6.07, 6.45) is 1.78. The van der Waals surface area contributed by atoms with Crippen LogP contribution in [0.5, 0.6) is 0 Å². The van der Waals surface area contributed by atoms with Gasteiger partial charge in [-0.2, -0.15) is 0 Å². The molecule has 0 amide bonds. The molecule has 0 radical (unpaired) electrons. The van der Waals surface area contributed by atoms with Gasteiger partial charge in [0, 0.05) is 12.3 Å². The standard InChI is InChI=1S/C13H13ClN4O/c1-8-3-4-15-13-12(8)16-11(6-14)18(13)7-10-5-9(2)19-17-10/h3-5H,6-7H2,1-2H3. The van der Waals surface area contributed by atoms with E-state index < -0.39 is 0 Å². The Kier molecular flexibility index (Phi) is 2.98. The SMILES string of the molecule is Cc1cc(Cn2c(CCl)nc3c(C)ccnc32)no1. The Morgan fingerprint density at radius 2 is 2.21 bits per heavy atom. The van der Waals surface area contributed by atoms with Gasteiger partial charge in [0.1, 0.15) is 22.8 Å². The zero-order valence-electron chi connectivity index (χ0n) is 10.7. The highest BCUT2D eigenvalue weighted by Gasteiger charge is 2.14. The average molecular weight is 277 g/mol. The number of hydrogen-bond acceptors (Lipinski definition) is 4. The number of nitrogens with zero attached hydrogens (tertiary/aromatic N) is 4. The summed E-state index contributed by atoms with van der Waals surface area (Å²) in [7, 11) is 0. The van der Waals surface area contributed by atoms with Crippen molar-refractivity contribution in [3.8, 4) is 0 Å². The zero-order chi connectivity index (χ0) is 13.4. The third-order valence-corrected chi connectivity index (χ3v) is 3.27. The third-order valence-electron chi connectivity index (χ3n) is 3.03. The fourth-order valence-corrected chi connectivity index (χ4v) is 2.31. The highest BCUT2D eigenvalue weighted by atomic mass is 35.5. The van der Waals surface area contributed by atoms with E-state index in [2.05, 4.69) is 15.1 Å². The smallest absolute Gasteiger partial charge is 0.160 e. The lowest BCUT2D eigenvalue weighted by molar-refractivity contribution is 0.389. The summed E-state index contributed by atoms with van der Waals surface area (Å²) in [6.45, 7) is 4.44. The molecule has 19 heavy (non-hydrogen) atoms. The molecule has 6 heteroatoms. The molecule has 0 N–H and O–H groups in total. The zero-order valence-corrected chi connectivity index (χ0v) is 11.5. The highest BCUT2D eigenvalue weighted by molar-refractivity contribution is 6.16. The third kappa shape index (κ3) is 2.10. The Morgan fingerprint density at radius 3 is 2.89 bits per heavy atom. The first kappa shape index (κ1) is 12.2. The van der Waals surface area contributed by atoms with Gasteiger partial charge in [0.2, 0.25) is 0 Å². The molecule has 0 spiro atoms. The molecule has 0 aliphatic rings. The van der Waals surface area contributed by atoms with Crippen LogP contribution in [0.4, 0.5) is 0 Å². The summed E-state index contributed by atoms with van der Waals surface area (Å²) < 4.78 is 7.06. The molecule has 0 aliphatic heterocycles. The van der Waals surface area contributed by atoms with Crippen LogP contribution < -0.4 is 0 Å². The molecule has 0 aromatic carbocycles. The number of rotatable bonds is 3. The van der Waals surface area contributed by atoms with E-state index in [-0.39, 0.29) is 0 Å². The number of aromatic nitrogens is 4. The van der Waals surface area contributed by atoms with Gasteiger partial charge in [0.15, 0.2) is 5.65 Å². The number of imidazole rings is 1. The minimum Gasteiger partial charge on any atom is -0.361 e. The van der Waals surface area contributed by atoms with Crippen molar-refractivity contribution in [1.29, 1.82) is 0 Å². The van der Waals surface area contributed by atoms with Gasteiger partial charge >= 0.3 is 0 Å². The molecule has 0 saturated carbocycles. The first-order chi connectivity index (χ1) is 9.19. The minimum absolute atomic E-state index is 0.340. The summed E-state index contributed by atoms with van der Waals surface area (Å²) in [5.74, 6) is 1.92. The second-order valence-electron chi connectivity index (χ2n) is 4.48. The molecular formula is C13H13ClN4O. The lowest BCUT2D eigenvalue weighted by Gasteiger charge is -2.03. The number of halogens is 1. The van der Waals surface area contributed by atoms with Crippen LogP contribution in [0.2, 0.25) is 0 Å². The van der Waals surface area contributed by atoms with Crippen molar-refractivity contribution in [1.82, 2.24) is 19.7 Å². The Morgan fingerprint density at radius 1 is 1.37 bits per heavy atom. The monoisotopic (exact) mass is 276 g/mol. The van der Waals surface area contributed by atoms with Gasteiger partial charge in [-0.3, -0.25) is 0 Å². The topological polar surface area (TPSA) is 56.7 Å². The molecule has 3 aromatic heterocycles. The van der Waals surface area contributed by atoms with E-state index in [9.17, 15) is 0 Å². The van der Waals surface area contributed by atoms with E-state index in [1.54, 1.807) is 6.20 Å². The molecule has 0 bridgehead atoms. The van der Waals surface area contributed by atoms with Gasteiger partial charge in [-0.1, -0.05) is 5.16 Å². The fourth-order valence-electron chi connectivity index (χ4n) is 2.11. The molecule has 0 atom stereocenters. The highest BCUT2D eigenvalue weighted by Crippen LogP contribution is 2.20. The first-order valence-corrected chi connectivity index (χ1v) is 6.51. The predicted octanol–water partition coefficient (Wildman–Crippen LogP) is 2.82. The van der Waals surface area contributed by atoms with Gasteiger partial charge in [0.05, 0.1) is 12.4 Å². The van der Waals surface area contributed by atoms with Crippen molar-refractivity contribution in [3.63, 3.8) is 0 Å². The van der Waals surface area contributed by atoms with Gasteiger partial charge in [-0.25, -0.2) is 9.97 Å². The Bertz CT molecular complexity index is 731. The van der Waals surface area contributed by atoms with Crippen molar-refractivity contribution in [2.75, 3.05) is 0 Å². The maximum absolute atomic E-state index is 5.97. The van der Waals surface area contributed by atoms with Crippen LogP contribution in [0.15, 0.2) is 22.9 Å². The quantitative estimate of drug-likeness (QED) is 0.690.